The van der Waals surface area contributed by atoms with E-state index in [0.29, 0.717) is 12.0 Å². The molecule has 4 heteroatoms. The van der Waals surface area contributed by atoms with Crippen LogP contribution < -0.4 is 10.1 Å². The molecule has 1 heterocycles. The highest BCUT2D eigenvalue weighted by Crippen LogP contribution is 2.29. The first-order valence-electron chi connectivity index (χ1n) is 8.02. The first kappa shape index (κ1) is 14.4. The molecule has 1 saturated carbocycles. The lowest BCUT2D eigenvalue weighted by atomic mass is 10.0. The minimum Gasteiger partial charge on any atom is -0.492 e. The minimum atomic E-state index is 0.279. The Kier molecular flexibility index (Phi) is 4.76. The molecule has 3 rings (SSSR count). The second-order valence-corrected chi connectivity index (χ2v) is 6.06. The first-order chi connectivity index (χ1) is 10.3. The molecule has 0 unspecified atom stereocenters. The van der Waals surface area contributed by atoms with E-state index >= 15 is 0 Å². The van der Waals surface area contributed by atoms with Crippen LogP contribution in [-0.2, 0) is 4.79 Å². The molecule has 1 aromatic rings. The van der Waals surface area contributed by atoms with Crippen molar-refractivity contribution in [3.8, 4) is 5.75 Å². The standard InChI is InChI=1S/C17H24N2O2/c20-17(14-6-7-14)18-15-8-10-19(11-9-15)12-13-21-16-4-2-1-3-5-16/h1-5,14-15H,6-13H2,(H,18,20). The predicted octanol–water partition coefficient (Wildman–Crippen LogP) is 2.06. The maximum atomic E-state index is 11.7. The van der Waals surface area contributed by atoms with Crippen molar-refractivity contribution < 1.29 is 9.53 Å². The van der Waals surface area contributed by atoms with Gasteiger partial charge in [0.1, 0.15) is 12.4 Å². The molecule has 2 fully saturated rings. The number of carbonyl (C=O) groups is 1. The molecular formula is C17H24N2O2. The van der Waals surface area contributed by atoms with Crippen molar-refractivity contribution in [3.63, 3.8) is 0 Å². The third-order valence-corrected chi connectivity index (χ3v) is 4.30. The number of benzene rings is 1. The van der Waals surface area contributed by atoms with Crippen LogP contribution in [0, 0.1) is 5.92 Å². The van der Waals surface area contributed by atoms with Crippen molar-refractivity contribution in [2.45, 2.75) is 31.7 Å². The molecule has 114 valence electrons. The average Bonchev–Trinajstić information content (AvgIpc) is 3.35. The van der Waals surface area contributed by atoms with Gasteiger partial charge in [0, 0.05) is 31.6 Å². The van der Waals surface area contributed by atoms with Gasteiger partial charge >= 0.3 is 0 Å². The number of likely N-dealkylation sites (tertiary alicyclic amines) is 1. The van der Waals surface area contributed by atoms with E-state index in [1.807, 2.05) is 30.3 Å². The molecule has 0 bridgehead atoms. The molecule has 1 amide bonds. The van der Waals surface area contributed by atoms with Gasteiger partial charge in [-0.3, -0.25) is 9.69 Å². The van der Waals surface area contributed by atoms with Crippen LogP contribution in [-0.4, -0.2) is 43.1 Å². The lowest BCUT2D eigenvalue weighted by molar-refractivity contribution is -0.123. The Morgan fingerprint density at radius 2 is 1.86 bits per heavy atom. The maximum Gasteiger partial charge on any atom is 0.223 e. The molecule has 0 atom stereocenters. The van der Waals surface area contributed by atoms with Crippen LogP contribution in [0.15, 0.2) is 30.3 Å². The largest absolute Gasteiger partial charge is 0.492 e. The van der Waals surface area contributed by atoms with Gasteiger partial charge in [0.05, 0.1) is 0 Å². The quantitative estimate of drug-likeness (QED) is 0.871. The van der Waals surface area contributed by atoms with Crippen LogP contribution in [0.5, 0.6) is 5.75 Å². The fourth-order valence-electron chi connectivity index (χ4n) is 2.77. The molecule has 1 aromatic carbocycles. The molecule has 0 spiro atoms. The van der Waals surface area contributed by atoms with Crippen LogP contribution in [0.3, 0.4) is 0 Å². The minimum absolute atomic E-state index is 0.279. The topological polar surface area (TPSA) is 41.6 Å². The number of hydrogen-bond donors (Lipinski definition) is 1. The number of hydrogen-bond acceptors (Lipinski definition) is 3. The zero-order chi connectivity index (χ0) is 14.5. The van der Waals surface area contributed by atoms with Crippen LogP contribution in [0.2, 0.25) is 0 Å². The maximum absolute atomic E-state index is 11.7. The van der Waals surface area contributed by atoms with Gasteiger partial charge in [0.2, 0.25) is 5.91 Å². The predicted molar refractivity (Wildman–Crippen MR) is 82.3 cm³/mol. The van der Waals surface area contributed by atoms with Crippen LogP contribution in [0.1, 0.15) is 25.7 Å². The van der Waals surface area contributed by atoms with Gasteiger partial charge in [0.25, 0.3) is 0 Å². The SMILES string of the molecule is O=C(NC1CCN(CCOc2ccccc2)CC1)C1CC1. The van der Waals surface area contributed by atoms with Gasteiger partial charge in [-0.1, -0.05) is 18.2 Å². The molecule has 1 N–H and O–H groups in total. The summed E-state index contributed by atoms with van der Waals surface area (Å²) in [6.45, 7) is 3.78. The van der Waals surface area contributed by atoms with E-state index in [1.54, 1.807) is 0 Å². The van der Waals surface area contributed by atoms with Crippen molar-refractivity contribution in [3.05, 3.63) is 30.3 Å². The molecule has 2 aliphatic rings. The summed E-state index contributed by atoms with van der Waals surface area (Å²) in [7, 11) is 0. The van der Waals surface area contributed by atoms with Crippen molar-refractivity contribution in [1.29, 1.82) is 0 Å². The van der Waals surface area contributed by atoms with Gasteiger partial charge in [-0.05, 0) is 37.8 Å². The molecule has 0 radical (unpaired) electrons. The zero-order valence-electron chi connectivity index (χ0n) is 12.5. The molecule has 21 heavy (non-hydrogen) atoms. The zero-order valence-corrected chi connectivity index (χ0v) is 12.5. The number of ether oxygens (including phenoxy) is 1. The molecule has 1 aliphatic carbocycles. The molecule has 4 nitrogen and oxygen atoms in total. The van der Waals surface area contributed by atoms with E-state index in [0.717, 1.165) is 57.7 Å². The highest BCUT2D eigenvalue weighted by molar-refractivity contribution is 5.81. The lowest BCUT2D eigenvalue weighted by Gasteiger charge is -2.32. The summed E-state index contributed by atoms with van der Waals surface area (Å²) in [4.78, 5) is 14.2. The van der Waals surface area contributed by atoms with Crippen LogP contribution in [0.25, 0.3) is 0 Å². The van der Waals surface area contributed by atoms with Crippen molar-refractivity contribution in [1.82, 2.24) is 10.2 Å². The van der Waals surface area contributed by atoms with Crippen molar-refractivity contribution in [2.24, 2.45) is 5.92 Å². The van der Waals surface area contributed by atoms with E-state index in [1.165, 1.54) is 0 Å². The number of rotatable bonds is 6. The van der Waals surface area contributed by atoms with Gasteiger partial charge in [-0.25, -0.2) is 0 Å². The van der Waals surface area contributed by atoms with Gasteiger partial charge in [-0.2, -0.15) is 0 Å². The van der Waals surface area contributed by atoms with E-state index in [4.69, 9.17) is 4.74 Å². The number of para-hydroxylation sites is 1. The smallest absolute Gasteiger partial charge is 0.223 e. The van der Waals surface area contributed by atoms with Crippen molar-refractivity contribution in [2.75, 3.05) is 26.2 Å². The number of piperidine rings is 1. The van der Waals surface area contributed by atoms with E-state index in [-0.39, 0.29) is 5.91 Å². The molecular weight excluding hydrogens is 264 g/mol. The van der Waals surface area contributed by atoms with Gasteiger partial charge in [-0.15, -0.1) is 0 Å². The second-order valence-electron chi connectivity index (χ2n) is 6.06. The Morgan fingerprint density at radius 1 is 1.14 bits per heavy atom. The normalized spacial score (nSPS) is 20.2. The highest BCUT2D eigenvalue weighted by atomic mass is 16.5. The average molecular weight is 288 g/mol. The Balaban J connectivity index is 1.31. The van der Waals surface area contributed by atoms with Crippen LogP contribution in [0.4, 0.5) is 0 Å². The van der Waals surface area contributed by atoms with Gasteiger partial charge in [0.15, 0.2) is 0 Å². The number of carbonyl (C=O) groups excluding carboxylic acids is 1. The lowest BCUT2D eigenvalue weighted by Crippen LogP contribution is -2.45. The fraction of sp³-hybridized carbons (Fsp3) is 0.588. The summed E-state index contributed by atoms with van der Waals surface area (Å²) < 4.78 is 5.73. The Morgan fingerprint density at radius 3 is 2.52 bits per heavy atom. The second kappa shape index (κ2) is 6.94. The van der Waals surface area contributed by atoms with E-state index in [2.05, 4.69) is 10.2 Å². The van der Waals surface area contributed by atoms with Crippen molar-refractivity contribution >= 4 is 5.91 Å². The first-order valence-corrected chi connectivity index (χ1v) is 8.02. The third-order valence-electron chi connectivity index (χ3n) is 4.30. The Hall–Kier alpha value is -1.55. The number of amides is 1. The summed E-state index contributed by atoms with van der Waals surface area (Å²) in [5.41, 5.74) is 0. The highest BCUT2D eigenvalue weighted by Gasteiger charge is 2.31. The summed E-state index contributed by atoms with van der Waals surface area (Å²) in [6, 6.07) is 10.3. The van der Waals surface area contributed by atoms with Crippen LogP contribution >= 0.6 is 0 Å². The molecule has 1 aliphatic heterocycles. The van der Waals surface area contributed by atoms with E-state index in [9.17, 15) is 4.79 Å². The Labute approximate surface area is 126 Å². The number of nitrogens with zero attached hydrogens (tertiary/aromatic N) is 1. The van der Waals surface area contributed by atoms with Gasteiger partial charge < -0.3 is 10.1 Å². The monoisotopic (exact) mass is 288 g/mol. The summed E-state index contributed by atoms with van der Waals surface area (Å²) in [5.74, 6) is 1.53. The number of nitrogens with one attached hydrogen (secondary N) is 1. The molecule has 1 saturated heterocycles. The molecule has 0 aromatic heterocycles. The van der Waals surface area contributed by atoms with E-state index < -0.39 is 0 Å². The summed E-state index contributed by atoms with van der Waals surface area (Å²) in [5, 5.41) is 3.19. The summed E-state index contributed by atoms with van der Waals surface area (Å²) >= 11 is 0. The summed E-state index contributed by atoms with van der Waals surface area (Å²) in [6.07, 6.45) is 4.29. The Bertz CT molecular complexity index is 451. The third kappa shape index (κ3) is 4.46. The fourth-order valence-corrected chi connectivity index (χ4v) is 2.77.